The predicted molar refractivity (Wildman–Crippen MR) is 91.1 cm³/mol. The van der Waals surface area contributed by atoms with Crippen molar-refractivity contribution in [3.8, 4) is 11.3 Å². The van der Waals surface area contributed by atoms with E-state index in [1.807, 2.05) is 60.3 Å². The zero-order chi connectivity index (χ0) is 16.9. The van der Waals surface area contributed by atoms with Crippen LogP contribution in [0.25, 0.3) is 11.3 Å². The van der Waals surface area contributed by atoms with Crippen LogP contribution in [-0.2, 0) is 20.1 Å². The van der Waals surface area contributed by atoms with Crippen LogP contribution in [0.1, 0.15) is 11.6 Å². The quantitative estimate of drug-likeness (QED) is 0.784. The number of rotatable bonds is 5. The molecule has 2 heterocycles. The van der Waals surface area contributed by atoms with Gasteiger partial charge in [-0.05, 0) is 12.1 Å². The minimum Gasteiger partial charge on any atom is -0.439 e. The molecule has 3 aromatic rings. The summed E-state index contributed by atoms with van der Waals surface area (Å²) in [6.07, 6.45) is 3.63. The largest absolute Gasteiger partial charge is 0.439 e. The predicted octanol–water partition coefficient (Wildman–Crippen LogP) is 3.02. The highest BCUT2D eigenvalue weighted by molar-refractivity contribution is 5.73. The smallest absolute Gasteiger partial charge is 0.317 e. The number of hydrogen-bond donors (Lipinski definition) is 1. The lowest BCUT2D eigenvalue weighted by atomic mass is 10.2. The van der Waals surface area contributed by atoms with Gasteiger partial charge < -0.3 is 19.2 Å². The molecule has 0 aliphatic rings. The van der Waals surface area contributed by atoms with E-state index in [0.717, 1.165) is 11.3 Å². The minimum absolute atomic E-state index is 0.171. The molecule has 0 saturated heterocycles. The molecule has 2 aromatic heterocycles. The van der Waals surface area contributed by atoms with E-state index in [1.165, 1.54) is 0 Å². The van der Waals surface area contributed by atoms with Crippen LogP contribution in [0, 0.1) is 0 Å². The fraction of sp³-hybridized carbons (Fsp3) is 0.222. The minimum atomic E-state index is -0.171. The number of nitrogens with one attached hydrogen (secondary N) is 1. The van der Waals surface area contributed by atoms with Crippen molar-refractivity contribution in [2.24, 2.45) is 7.05 Å². The zero-order valence-electron chi connectivity index (χ0n) is 13.8. The van der Waals surface area contributed by atoms with Gasteiger partial charge in [-0.2, -0.15) is 0 Å². The van der Waals surface area contributed by atoms with Crippen LogP contribution in [0.15, 0.2) is 59.3 Å². The van der Waals surface area contributed by atoms with Gasteiger partial charge in [-0.25, -0.2) is 9.78 Å². The Morgan fingerprint density at radius 1 is 1.25 bits per heavy atom. The maximum atomic E-state index is 12.2. The summed E-state index contributed by atoms with van der Waals surface area (Å²) in [6, 6.07) is 13.5. The third kappa shape index (κ3) is 3.65. The van der Waals surface area contributed by atoms with Crippen molar-refractivity contribution in [2.45, 2.75) is 13.1 Å². The number of benzene rings is 1. The molecule has 24 heavy (non-hydrogen) atoms. The van der Waals surface area contributed by atoms with Crippen molar-refractivity contribution in [1.29, 1.82) is 0 Å². The number of urea groups is 1. The first-order chi connectivity index (χ1) is 11.6. The summed E-state index contributed by atoms with van der Waals surface area (Å²) in [7, 11) is 3.71. The molecule has 0 bridgehead atoms. The highest BCUT2D eigenvalue weighted by Gasteiger charge is 2.12. The summed E-state index contributed by atoms with van der Waals surface area (Å²) < 4.78 is 7.67. The van der Waals surface area contributed by atoms with E-state index < -0.39 is 0 Å². The number of aromatic nitrogens is 2. The molecule has 124 valence electrons. The normalized spacial score (nSPS) is 10.6. The van der Waals surface area contributed by atoms with Gasteiger partial charge >= 0.3 is 6.03 Å². The second-order valence-electron chi connectivity index (χ2n) is 5.61. The molecule has 0 unspecified atom stereocenters. The standard InChI is InChI=1S/C18H20N4O2/c1-21-10-6-9-15(21)13-22(2)18(23)20-12-17-19-11-16(24-17)14-7-4-3-5-8-14/h3-11H,12-13H2,1-2H3,(H,20,23). The van der Waals surface area contributed by atoms with Crippen LogP contribution in [-0.4, -0.2) is 27.5 Å². The topological polar surface area (TPSA) is 63.3 Å². The van der Waals surface area contributed by atoms with E-state index >= 15 is 0 Å². The molecule has 0 fully saturated rings. The van der Waals surface area contributed by atoms with Crippen molar-refractivity contribution in [2.75, 3.05) is 7.05 Å². The first-order valence-corrected chi connectivity index (χ1v) is 7.73. The second kappa shape index (κ2) is 7.04. The second-order valence-corrected chi connectivity index (χ2v) is 5.61. The van der Waals surface area contributed by atoms with Gasteiger partial charge in [0.1, 0.15) is 0 Å². The molecule has 1 aromatic carbocycles. The Labute approximate surface area is 140 Å². The van der Waals surface area contributed by atoms with Gasteiger partial charge in [0, 0.05) is 31.5 Å². The Morgan fingerprint density at radius 3 is 2.75 bits per heavy atom. The van der Waals surface area contributed by atoms with Gasteiger partial charge in [0.15, 0.2) is 5.76 Å². The highest BCUT2D eigenvalue weighted by Crippen LogP contribution is 2.19. The summed E-state index contributed by atoms with van der Waals surface area (Å²) in [5.41, 5.74) is 2.03. The third-order valence-electron chi connectivity index (χ3n) is 3.80. The number of carbonyl (C=O) groups is 1. The van der Waals surface area contributed by atoms with E-state index in [-0.39, 0.29) is 12.6 Å². The fourth-order valence-corrected chi connectivity index (χ4v) is 2.39. The molecular formula is C18H20N4O2. The average Bonchev–Trinajstić information content (AvgIpc) is 3.23. The summed E-state index contributed by atoms with van der Waals surface area (Å²) in [4.78, 5) is 18.0. The molecule has 6 nitrogen and oxygen atoms in total. The lowest BCUT2D eigenvalue weighted by Gasteiger charge is -2.17. The molecule has 0 aliphatic heterocycles. The van der Waals surface area contributed by atoms with Crippen LogP contribution in [0.3, 0.4) is 0 Å². The molecule has 0 atom stereocenters. The maximum Gasteiger partial charge on any atom is 0.317 e. The number of nitrogens with zero attached hydrogens (tertiary/aromatic N) is 3. The number of hydrogen-bond acceptors (Lipinski definition) is 3. The van der Waals surface area contributed by atoms with Gasteiger partial charge in [-0.3, -0.25) is 0 Å². The van der Waals surface area contributed by atoms with Crippen LogP contribution < -0.4 is 5.32 Å². The summed E-state index contributed by atoms with van der Waals surface area (Å²) in [6.45, 7) is 0.791. The van der Waals surface area contributed by atoms with Gasteiger partial charge in [0.05, 0.1) is 19.3 Å². The molecule has 2 amide bonds. The number of carbonyl (C=O) groups excluding carboxylic acids is 1. The molecule has 1 N–H and O–H groups in total. The lowest BCUT2D eigenvalue weighted by molar-refractivity contribution is 0.204. The summed E-state index contributed by atoms with van der Waals surface area (Å²) >= 11 is 0. The summed E-state index contributed by atoms with van der Waals surface area (Å²) in [5, 5.41) is 2.82. The molecule has 0 radical (unpaired) electrons. The SMILES string of the molecule is CN(Cc1cccn1C)C(=O)NCc1ncc(-c2ccccc2)o1. The first kappa shape index (κ1) is 15.9. The Hall–Kier alpha value is -3.02. The van der Waals surface area contributed by atoms with E-state index in [9.17, 15) is 4.79 Å². The molecule has 0 saturated carbocycles. The number of amides is 2. The number of aryl methyl sites for hydroxylation is 1. The van der Waals surface area contributed by atoms with Crippen LogP contribution in [0.2, 0.25) is 0 Å². The van der Waals surface area contributed by atoms with Crippen LogP contribution >= 0.6 is 0 Å². The van der Waals surface area contributed by atoms with E-state index in [1.54, 1.807) is 18.1 Å². The maximum absolute atomic E-state index is 12.2. The van der Waals surface area contributed by atoms with Crippen molar-refractivity contribution in [3.63, 3.8) is 0 Å². The van der Waals surface area contributed by atoms with Crippen molar-refractivity contribution < 1.29 is 9.21 Å². The van der Waals surface area contributed by atoms with Gasteiger partial charge in [-0.1, -0.05) is 30.3 Å². The molecular weight excluding hydrogens is 304 g/mol. The van der Waals surface area contributed by atoms with E-state index in [0.29, 0.717) is 18.2 Å². The third-order valence-corrected chi connectivity index (χ3v) is 3.80. The number of oxazole rings is 1. The molecule has 3 rings (SSSR count). The average molecular weight is 324 g/mol. The molecule has 0 aliphatic carbocycles. The van der Waals surface area contributed by atoms with Crippen molar-refractivity contribution >= 4 is 6.03 Å². The first-order valence-electron chi connectivity index (χ1n) is 7.73. The Bertz CT molecular complexity index is 807. The van der Waals surface area contributed by atoms with E-state index in [2.05, 4.69) is 10.3 Å². The van der Waals surface area contributed by atoms with Gasteiger partial charge in [-0.15, -0.1) is 0 Å². The van der Waals surface area contributed by atoms with Crippen LogP contribution in [0.4, 0.5) is 4.79 Å². The molecule has 6 heteroatoms. The monoisotopic (exact) mass is 324 g/mol. The van der Waals surface area contributed by atoms with Crippen molar-refractivity contribution in [1.82, 2.24) is 19.8 Å². The van der Waals surface area contributed by atoms with Crippen LogP contribution in [0.5, 0.6) is 0 Å². The Balaban J connectivity index is 1.55. The lowest BCUT2D eigenvalue weighted by Crippen LogP contribution is -2.36. The van der Waals surface area contributed by atoms with Crippen molar-refractivity contribution in [3.05, 3.63) is 66.4 Å². The Morgan fingerprint density at radius 2 is 2.04 bits per heavy atom. The van der Waals surface area contributed by atoms with E-state index in [4.69, 9.17) is 4.42 Å². The van der Waals surface area contributed by atoms with Gasteiger partial charge in [0.2, 0.25) is 5.89 Å². The summed E-state index contributed by atoms with van der Waals surface area (Å²) in [5.74, 6) is 1.17. The molecule has 0 spiro atoms. The zero-order valence-corrected chi connectivity index (χ0v) is 13.8. The highest BCUT2D eigenvalue weighted by atomic mass is 16.4. The fourth-order valence-electron chi connectivity index (χ4n) is 2.39. The Kier molecular flexibility index (Phi) is 4.65. The van der Waals surface area contributed by atoms with Gasteiger partial charge in [0.25, 0.3) is 0 Å².